The zero-order valence-corrected chi connectivity index (χ0v) is 13.6. The van der Waals surface area contributed by atoms with Gasteiger partial charge in [0, 0.05) is 32.0 Å². The van der Waals surface area contributed by atoms with Crippen LogP contribution in [0.25, 0.3) is 0 Å². The monoisotopic (exact) mass is 325 g/mol. The molecule has 1 saturated carbocycles. The number of rotatable bonds is 3. The molecule has 2 heterocycles. The molecule has 1 aromatic heterocycles. The van der Waals surface area contributed by atoms with Gasteiger partial charge in [-0.15, -0.1) is 11.3 Å². The van der Waals surface area contributed by atoms with Gasteiger partial charge in [0.25, 0.3) is 11.8 Å². The summed E-state index contributed by atoms with van der Waals surface area (Å²) in [6.07, 6.45) is 2.01. The molecule has 2 aliphatic rings. The average Bonchev–Trinajstić information content (AvgIpc) is 3.22. The molecule has 1 saturated heterocycles. The molecule has 1 aliphatic heterocycles. The quantitative estimate of drug-likeness (QED) is 0.924. The third-order valence-electron chi connectivity index (χ3n) is 4.26. The molecular weight excluding hydrogens is 305 g/mol. The highest BCUT2D eigenvalue weighted by atomic mass is 32.1. The third kappa shape index (κ3) is 2.99. The van der Waals surface area contributed by atoms with Crippen LogP contribution in [-0.4, -0.2) is 46.5 Å². The fraction of sp³-hybridized carbons (Fsp3) is 0.667. The molecule has 22 heavy (non-hydrogen) atoms. The standard InChI is InChI=1S/C15H20FN3O2S/c1-9-12(22-10(2)17-9)13(20)19-7-5-15(16,6-8-19)14(21)18-11-3-4-11/h11H,3-8H2,1-2H3,(H,18,21). The van der Waals surface area contributed by atoms with E-state index < -0.39 is 11.6 Å². The molecule has 0 bridgehead atoms. The van der Waals surface area contributed by atoms with Crippen molar-refractivity contribution in [1.82, 2.24) is 15.2 Å². The first kappa shape index (κ1) is 15.4. The first-order valence-corrected chi connectivity index (χ1v) is 8.44. The van der Waals surface area contributed by atoms with Crippen LogP contribution >= 0.6 is 11.3 Å². The predicted molar refractivity (Wildman–Crippen MR) is 81.7 cm³/mol. The molecule has 0 radical (unpaired) electrons. The van der Waals surface area contributed by atoms with Crippen LogP contribution < -0.4 is 5.32 Å². The Morgan fingerprint density at radius 2 is 1.95 bits per heavy atom. The van der Waals surface area contributed by atoms with Gasteiger partial charge in [0.05, 0.1) is 10.7 Å². The Kier molecular flexibility index (Phi) is 3.92. The topological polar surface area (TPSA) is 62.3 Å². The number of carbonyl (C=O) groups excluding carboxylic acids is 2. The van der Waals surface area contributed by atoms with E-state index in [9.17, 15) is 14.0 Å². The van der Waals surface area contributed by atoms with E-state index in [0.717, 1.165) is 23.5 Å². The Morgan fingerprint density at radius 1 is 1.32 bits per heavy atom. The molecule has 3 rings (SSSR count). The molecule has 0 spiro atoms. The second kappa shape index (κ2) is 5.61. The normalized spacial score (nSPS) is 20.8. The summed E-state index contributed by atoms with van der Waals surface area (Å²) < 4.78 is 14.7. The van der Waals surface area contributed by atoms with Crippen LogP contribution in [0.4, 0.5) is 4.39 Å². The smallest absolute Gasteiger partial charge is 0.265 e. The van der Waals surface area contributed by atoms with Crippen LogP contribution in [-0.2, 0) is 4.79 Å². The van der Waals surface area contributed by atoms with E-state index in [4.69, 9.17) is 0 Å². The summed E-state index contributed by atoms with van der Waals surface area (Å²) in [7, 11) is 0. The summed E-state index contributed by atoms with van der Waals surface area (Å²) in [6.45, 7) is 4.20. The summed E-state index contributed by atoms with van der Waals surface area (Å²) in [4.78, 5) is 31.0. The Hall–Kier alpha value is -1.50. The Labute approximate surface area is 132 Å². The van der Waals surface area contributed by atoms with Crippen LogP contribution in [0.5, 0.6) is 0 Å². The molecule has 0 aromatic carbocycles. The molecule has 2 fully saturated rings. The van der Waals surface area contributed by atoms with Gasteiger partial charge < -0.3 is 10.2 Å². The van der Waals surface area contributed by atoms with E-state index in [0.29, 0.717) is 4.88 Å². The number of likely N-dealkylation sites (tertiary alicyclic amines) is 1. The van der Waals surface area contributed by atoms with Crippen molar-refractivity contribution in [2.24, 2.45) is 0 Å². The van der Waals surface area contributed by atoms with Crippen molar-refractivity contribution >= 4 is 23.2 Å². The number of alkyl halides is 1. The van der Waals surface area contributed by atoms with E-state index in [1.165, 1.54) is 11.3 Å². The van der Waals surface area contributed by atoms with Crippen molar-refractivity contribution in [2.45, 2.75) is 51.2 Å². The van der Waals surface area contributed by atoms with Gasteiger partial charge in [0.2, 0.25) is 0 Å². The SMILES string of the molecule is Cc1nc(C)c(C(=O)N2CCC(F)(C(=O)NC3CC3)CC2)s1. The minimum absolute atomic E-state index is 0.0636. The largest absolute Gasteiger partial charge is 0.351 e. The second-order valence-corrected chi connectivity index (χ2v) is 7.36. The van der Waals surface area contributed by atoms with Crippen molar-refractivity contribution in [1.29, 1.82) is 0 Å². The third-order valence-corrected chi connectivity index (χ3v) is 5.32. The van der Waals surface area contributed by atoms with Crippen molar-refractivity contribution in [3.63, 3.8) is 0 Å². The van der Waals surface area contributed by atoms with Crippen LogP contribution in [0.1, 0.15) is 46.1 Å². The van der Waals surface area contributed by atoms with E-state index in [1.807, 2.05) is 13.8 Å². The average molecular weight is 325 g/mol. The number of aromatic nitrogens is 1. The molecule has 0 unspecified atom stereocenters. The lowest BCUT2D eigenvalue weighted by Crippen LogP contribution is -2.52. The number of hydrogen-bond donors (Lipinski definition) is 1. The van der Waals surface area contributed by atoms with E-state index in [2.05, 4.69) is 10.3 Å². The number of nitrogens with zero attached hydrogens (tertiary/aromatic N) is 2. The molecule has 0 atom stereocenters. The van der Waals surface area contributed by atoms with Gasteiger partial charge in [-0.2, -0.15) is 0 Å². The first-order chi connectivity index (χ1) is 10.4. The zero-order chi connectivity index (χ0) is 15.9. The maximum absolute atomic E-state index is 14.7. The summed E-state index contributed by atoms with van der Waals surface area (Å²) in [5.41, 5.74) is -1.12. The van der Waals surface area contributed by atoms with Gasteiger partial charge in [-0.05, 0) is 26.7 Å². The fourth-order valence-electron chi connectivity index (χ4n) is 2.71. The maximum atomic E-state index is 14.7. The molecule has 1 aliphatic carbocycles. The number of amides is 2. The van der Waals surface area contributed by atoms with Crippen molar-refractivity contribution in [3.8, 4) is 0 Å². The number of halogens is 1. The van der Waals surface area contributed by atoms with Gasteiger partial charge in [0.1, 0.15) is 4.88 Å². The lowest BCUT2D eigenvalue weighted by atomic mass is 9.92. The highest BCUT2D eigenvalue weighted by molar-refractivity contribution is 7.13. The first-order valence-electron chi connectivity index (χ1n) is 7.62. The van der Waals surface area contributed by atoms with Crippen LogP contribution in [0.15, 0.2) is 0 Å². The van der Waals surface area contributed by atoms with Gasteiger partial charge >= 0.3 is 0 Å². The minimum Gasteiger partial charge on any atom is -0.351 e. The van der Waals surface area contributed by atoms with Crippen LogP contribution in [0.3, 0.4) is 0 Å². The molecule has 2 amide bonds. The van der Waals surface area contributed by atoms with Gasteiger partial charge in [-0.1, -0.05) is 0 Å². The summed E-state index contributed by atoms with van der Waals surface area (Å²) >= 11 is 1.36. The number of nitrogens with one attached hydrogen (secondary N) is 1. The lowest BCUT2D eigenvalue weighted by Gasteiger charge is -2.35. The zero-order valence-electron chi connectivity index (χ0n) is 12.8. The summed E-state index contributed by atoms with van der Waals surface area (Å²) in [5, 5.41) is 3.58. The Balaban J connectivity index is 1.62. The van der Waals surface area contributed by atoms with Crippen molar-refractivity contribution in [3.05, 3.63) is 15.6 Å². The van der Waals surface area contributed by atoms with Crippen molar-refractivity contribution < 1.29 is 14.0 Å². The molecule has 120 valence electrons. The van der Waals surface area contributed by atoms with Crippen molar-refractivity contribution in [2.75, 3.05) is 13.1 Å². The number of carbonyl (C=O) groups is 2. The van der Waals surface area contributed by atoms with E-state index in [1.54, 1.807) is 4.90 Å². The molecule has 7 heteroatoms. The molecule has 1 N–H and O–H groups in total. The predicted octanol–water partition coefficient (Wildman–Crippen LogP) is 1.98. The number of thiazole rings is 1. The summed E-state index contributed by atoms with van der Waals surface area (Å²) in [5.74, 6) is -0.611. The molecule has 5 nitrogen and oxygen atoms in total. The summed E-state index contributed by atoms with van der Waals surface area (Å²) in [6, 6.07) is 0.155. The van der Waals surface area contributed by atoms with Crippen LogP contribution in [0, 0.1) is 13.8 Å². The Bertz CT molecular complexity index is 604. The Morgan fingerprint density at radius 3 is 2.45 bits per heavy atom. The van der Waals surface area contributed by atoms with E-state index >= 15 is 0 Å². The van der Waals surface area contributed by atoms with Gasteiger partial charge in [-0.3, -0.25) is 9.59 Å². The highest BCUT2D eigenvalue weighted by Gasteiger charge is 2.44. The van der Waals surface area contributed by atoms with E-state index in [-0.39, 0.29) is 37.9 Å². The highest BCUT2D eigenvalue weighted by Crippen LogP contribution is 2.30. The van der Waals surface area contributed by atoms with Crippen LogP contribution in [0.2, 0.25) is 0 Å². The number of piperidine rings is 1. The van der Waals surface area contributed by atoms with Gasteiger partial charge in [0.15, 0.2) is 5.67 Å². The molecule has 1 aromatic rings. The lowest BCUT2D eigenvalue weighted by molar-refractivity contribution is -0.135. The minimum atomic E-state index is -1.84. The number of hydrogen-bond acceptors (Lipinski definition) is 4. The fourth-order valence-corrected chi connectivity index (χ4v) is 3.59. The maximum Gasteiger partial charge on any atom is 0.265 e. The molecular formula is C15H20FN3O2S. The second-order valence-electron chi connectivity index (χ2n) is 6.15. The van der Waals surface area contributed by atoms with Gasteiger partial charge in [-0.25, -0.2) is 9.37 Å². The number of aryl methyl sites for hydroxylation is 2.